The number of nitrogens with zero attached hydrogens (tertiary/aromatic N) is 3. The number of hydrogen-bond acceptors (Lipinski definition) is 4. The van der Waals surface area contributed by atoms with Crippen LogP contribution in [-0.2, 0) is 17.1 Å². The first-order valence-electron chi connectivity index (χ1n) is 6.12. The molecule has 1 aromatic rings. The Morgan fingerprint density at radius 3 is 2.56 bits per heavy atom. The van der Waals surface area contributed by atoms with Gasteiger partial charge in [-0.1, -0.05) is 13.8 Å². The lowest BCUT2D eigenvalue weighted by Gasteiger charge is -2.23. The van der Waals surface area contributed by atoms with Gasteiger partial charge < -0.3 is 10.3 Å². The molecule has 0 spiro atoms. The van der Waals surface area contributed by atoms with Gasteiger partial charge in [0.15, 0.2) is 10.8 Å². The molecule has 0 radical (unpaired) electrons. The molecule has 0 saturated heterocycles. The summed E-state index contributed by atoms with van der Waals surface area (Å²) in [5.74, 6) is 0.363. The van der Waals surface area contributed by atoms with Crippen LogP contribution in [0.15, 0.2) is 11.4 Å². The highest BCUT2D eigenvalue weighted by Crippen LogP contribution is 2.33. The molecule has 0 aliphatic heterocycles. The van der Waals surface area contributed by atoms with Crippen molar-refractivity contribution >= 4 is 15.8 Å². The maximum atomic E-state index is 12.6. The molecule has 102 valence electrons. The van der Waals surface area contributed by atoms with Gasteiger partial charge in [0, 0.05) is 19.6 Å². The Morgan fingerprint density at radius 2 is 2.17 bits per heavy atom. The van der Waals surface area contributed by atoms with Gasteiger partial charge in [0.25, 0.3) is 10.0 Å². The Balaban J connectivity index is 2.39. The standard InChI is InChI=1S/C11H20N4O2S/c1-8(2)6-15(9-4-5-9)18(16,17)11-10(12)13-7-14(11)3/h7-9H,4-6,12H2,1-3H3. The van der Waals surface area contributed by atoms with Crippen LogP contribution < -0.4 is 5.73 Å². The zero-order chi connectivity index (χ0) is 13.5. The summed E-state index contributed by atoms with van der Waals surface area (Å²) in [7, 11) is -1.89. The van der Waals surface area contributed by atoms with E-state index in [1.165, 1.54) is 10.9 Å². The SMILES string of the molecule is CC(C)CN(C1CC1)S(=O)(=O)c1c(N)ncn1C. The number of aryl methyl sites for hydroxylation is 1. The van der Waals surface area contributed by atoms with E-state index in [1.54, 1.807) is 11.4 Å². The average molecular weight is 272 g/mol. The van der Waals surface area contributed by atoms with E-state index in [1.807, 2.05) is 13.8 Å². The molecule has 2 N–H and O–H groups in total. The summed E-state index contributed by atoms with van der Waals surface area (Å²) < 4.78 is 28.3. The zero-order valence-corrected chi connectivity index (χ0v) is 11.8. The lowest BCUT2D eigenvalue weighted by molar-refractivity contribution is 0.357. The van der Waals surface area contributed by atoms with Crippen LogP contribution in [0.5, 0.6) is 0 Å². The minimum Gasteiger partial charge on any atom is -0.381 e. The molecule has 0 unspecified atom stereocenters. The summed E-state index contributed by atoms with van der Waals surface area (Å²) in [6.45, 7) is 4.55. The van der Waals surface area contributed by atoms with Crippen molar-refractivity contribution in [2.75, 3.05) is 12.3 Å². The summed E-state index contributed by atoms with van der Waals surface area (Å²) in [5.41, 5.74) is 5.68. The second-order valence-electron chi connectivity index (χ2n) is 5.25. The second kappa shape index (κ2) is 4.55. The summed E-state index contributed by atoms with van der Waals surface area (Å²) in [6, 6.07) is 0.131. The highest BCUT2D eigenvalue weighted by Gasteiger charge is 2.40. The van der Waals surface area contributed by atoms with E-state index in [4.69, 9.17) is 5.73 Å². The minimum atomic E-state index is -3.54. The fourth-order valence-corrected chi connectivity index (χ4v) is 4.08. The van der Waals surface area contributed by atoms with Crippen molar-refractivity contribution in [1.82, 2.24) is 13.9 Å². The van der Waals surface area contributed by atoms with Gasteiger partial charge in [-0.3, -0.25) is 0 Å². The molecule has 0 bridgehead atoms. The molecule has 1 heterocycles. The summed E-state index contributed by atoms with van der Waals surface area (Å²) in [4.78, 5) is 3.86. The van der Waals surface area contributed by atoms with Crippen molar-refractivity contribution in [3.05, 3.63) is 6.33 Å². The summed E-state index contributed by atoms with van der Waals surface area (Å²) in [6.07, 6.45) is 3.30. The van der Waals surface area contributed by atoms with Crippen LogP contribution in [0.4, 0.5) is 5.82 Å². The Hall–Kier alpha value is -1.08. The lowest BCUT2D eigenvalue weighted by Crippen LogP contribution is -2.37. The Bertz CT molecular complexity index is 512. The largest absolute Gasteiger partial charge is 0.381 e. The van der Waals surface area contributed by atoms with Crippen LogP contribution >= 0.6 is 0 Å². The molecular weight excluding hydrogens is 252 g/mol. The van der Waals surface area contributed by atoms with Crippen molar-refractivity contribution in [3.63, 3.8) is 0 Å². The van der Waals surface area contributed by atoms with Crippen LogP contribution in [0, 0.1) is 5.92 Å². The Labute approximate surface area is 108 Å². The van der Waals surface area contributed by atoms with Gasteiger partial charge in [-0.05, 0) is 18.8 Å². The van der Waals surface area contributed by atoms with Gasteiger partial charge in [0.2, 0.25) is 0 Å². The van der Waals surface area contributed by atoms with Crippen molar-refractivity contribution in [2.24, 2.45) is 13.0 Å². The number of hydrogen-bond donors (Lipinski definition) is 1. The van der Waals surface area contributed by atoms with E-state index in [9.17, 15) is 8.42 Å². The number of nitrogens with two attached hydrogens (primary N) is 1. The molecule has 7 heteroatoms. The molecule has 1 fully saturated rings. The van der Waals surface area contributed by atoms with Crippen molar-refractivity contribution in [2.45, 2.75) is 37.8 Å². The first kappa shape index (κ1) is 13.4. The fourth-order valence-electron chi connectivity index (χ4n) is 2.03. The Morgan fingerprint density at radius 1 is 1.56 bits per heavy atom. The third-order valence-corrected chi connectivity index (χ3v) is 5.01. The first-order valence-corrected chi connectivity index (χ1v) is 7.56. The maximum absolute atomic E-state index is 12.6. The molecule has 1 aliphatic rings. The molecule has 0 amide bonds. The molecule has 6 nitrogen and oxygen atoms in total. The van der Waals surface area contributed by atoms with Crippen LogP contribution in [0.3, 0.4) is 0 Å². The molecule has 1 aliphatic carbocycles. The molecule has 0 atom stereocenters. The highest BCUT2D eigenvalue weighted by molar-refractivity contribution is 7.89. The minimum absolute atomic E-state index is 0.0758. The van der Waals surface area contributed by atoms with Crippen molar-refractivity contribution in [1.29, 1.82) is 0 Å². The summed E-state index contributed by atoms with van der Waals surface area (Å²) in [5, 5.41) is 0.107. The van der Waals surface area contributed by atoms with E-state index < -0.39 is 10.0 Å². The molecule has 2 rings (SSSR count). The van der Waals surface area contributed by atoms with Gasteiger partial charge in [0.05, 0.1) is 6.33 Å². The molecule has 18 heavy (non-hydrogen) atoms. The predicted molar refractivity (Wildman–Crippen MR) is 69.4 cm³/mol. The van der Waals surface area contributed by atoms with E-state index in [0.29, 0.717) is 6.54 Å². The maximum Gasteiger partial charge on any atom is 0.262 e. The Kier molecular flexibility index (Phi) is 3.37. The zero-order valence-electron chi connectivity index (χ0n) is 11.0. The lowest BCUT2D eigenvalue weighted by atomic mass is 10.2. The molecular formula is C11H20N4O2S. The number of sulfonamides is 1. The first-order chi connectivity index (χ1) is 8.34. The van der Waals surface area contributed by atoms with E-state index in [0.717, 1.165) is 12.8 Å². The van der Waals surface area contributed by atoms with Gasteiger partial charge in [-0.25, -0.2) is 13.4 Å². The van der Waals surface area contributed by atoms with Crippen LogP contribution in [-0.4, -0.2) is 34.9 Å². The monoisotopic (exact) mass is 272 g/mol. The third kappa shape index (κ3) is 2.37. The van der Waals surface area contributed by atoms with Gasteiger partial charge in [-0.2, -0.15) is 4.31 Å². The van der Waals surface area contributed by atoms with Gasteiger partial charge in [0.1, 0.15) is 0 Å². The fraction of sp³-hybridized carbons (Fsp3) is 0.727. The topological polar surface area (TPSA) is 81.2 Å². The second-order valence-corrected chi connectivity index (χ2v) is 7.05. The van der Waals surface area contributed by atoms with E-state index in [-0.39, 0.29) is 22.8 Å². The van der Waals surface area contributed by atoms with Crippen LogP contribution in [0.2, 0.25) is 0 Å². The van der Waals surface area contributed by atoms with Gasteiger partial charge in [-0.15, -0.1) is 0 Å². The predicted octanol–water partition coefficient (Wildman–Crippen LogP) is 0.811. The number of nitrogen functional groups attached to an aromatic ring is 1. The number of anilines is 1. The van der Waals surface area contributed by atoms with E-state index >= 15 is 0 Å². The summed E-state index contributed by atoms with van der Waals surface area (Å²) >= 11 is 0. The van der Waals surface area contributed by atoms with Crippen LogP contribution in [0.1, 0.15) is 26.7 Å². The number of rotatable bonds is 5. The normalized spacial score (nSPS) is 16.7. The average Bonchev–Trinajstić information content (AvgIpc) is 3.01. The molecule has 0 aromatic carbocycles. The van der Waals surface area contributed by atoms with Crippen LogP contribution in [0.25, 0.3) is 0 Å². The highest BCUT2D eigenvalue weighted by atomic mass is 32.2. The van der Waals surface area contributed by atoms with Gasteiger partial charge >= 0.3 is 0 Å². The van der Waals surface area contributed by atoms with E-state index in [2.05, 4.69) is 4.98 Å². The quantitative estimate of drug-likeness (QED) is 0.860. The molecule has 1 saturated carbocycles. The smallest absolute Gasteiger partial charge is 0.262 e. The number of aromatic nitrogens is 2. The molecule has 1 aromatic heterocycles. The third-order valence-electron chi connectivity index (χ3n) is 2.96. The number of imidazole rings is 1. The van der Waals surface area contributed by atoms with Crippen molar-refractivity contribution < 1.29 is 8.42 Å². The van der Waals surface area contributed by atoms with Crippen molar-refractivity contribution in [3.8, 4) is 0 Å².